The number of aromatic nitrogens is 1. The molecule has 0 saturated carbocycles. The first-order valence-corrected chi connectivity index (χ1v) is 4.36. The molecule has 1 heterocycles. The highest BCUT2D eigenvalue weighted by molar-refractivity contribution is 6.29. The van der Waals surface area contributed by atoms with Gasteiger partial charge in [0.25, 0.3) is 0 Å². The van der Waals surface area contributed by atoms with Gasteiger partial charge in [-0.15, -0.1) is 0 Å². The Morgan fingerprint density at radius 3 is 2.47 bits per heavy atom. The van der Waals surface area contributed by atoms with Crippen molar-refractivity contribution < 1.29 is 27.9 Å². The van der Waals surface area contributed by atoms with Crippen molar-refractivity contribution >= 4 is 29.2 Å². The fraction of sp³-hybridized carbons (Fsp3) is 0.125. The molecule has 0 spiro atoms. The van der Waals surface area contributed by atoms with Crippen LogP contribution in [0.25, 0.3) is 0 Å². The third-order valence-electron chi connectivity index (χ3n) is 1.61. The van der Waals surface area contributed by atoms with Crippen LogP contribution < -0.4 is 5.32 Å². The summed E-state index contributed by atoms with van der Waals surface area (Å²) >= 11 is 5.38. The van der Waals surface area contributed by atoms with Gasteiger partial charge in [-0.1, -0.05) is 11.6 Å². The van der Waals surface area contributed by atoms with Crippen molar-refractivity contribution in [2.75, 3.05) is 5.32 Å². The van der Waals surface area contributed by atoms with Crippen molar-refractivity contribution in [2.45, 2.75) is 6.18 Å². The van der Waals surface area contributed by atoms with Gasteiger partial charge in [0.1, 0.15) is 10.7 Å². The molecular weight excluding hydrogens is 265 g/mol. The molecule has 0 fully saturated rings. The van der Waals surface area contributed by atoms with Crippen molar-refractivity contribution in [1.29, 1.82) is 0 Å². The lowest BCUT2D eigenvalue weighted by atomic mass is 10.2. The first-order chi connectivity index (χ1) is 7.71. The molecule has 17 heavy (non-hydrogen) atoms. The first-order valence-electron chi connectivity index (χ1n) is 3.99. The fourth-order valence-electron chi connectivity index (χ4n) is 0.897. The molecule has 1 aromatic heterocycles. The quantitative estimate of drug-likeness (QED) is 0.803. The Morgan fingerprint density at radius 2 is 2.00 bits per heavy atom. The average molecular weight is 269 g/mol. The highest BCUT2D eigenvalue weighted by Crippen LogP contribution is 2.22. The Balaban J connectivity index is 3.09. The van der Waals surface area contributed by atoms with Crippen LogP contribution in [0, 0.1) is 0 Å². The van der Waals surface area contributed by atoms with Crippen molar-refractivity contribution in [3.8, 4) is 0 Å². The summed E-state index contributed by atoms with van der Waals surface area (Å²) in [5.41, 5.74) is -1.16. The summed E-state index contributed by atoms with van der Waals surface area (Å²) < 4.78 is 35.9. The molecule has 9 heteroatoms. The standard InChI is InChI=1S/C8H4ClF3N2O3/c9-5-1-4(3(2-13-5)6(15)16)14-7(17)8(10,11)12/h1-2H,(H,15,16)(H,13,14,17). The van der Waals surface area contributed by atoms with Crippen molar-refractivity contribution in [2.24, 2.45) is 0 Å². The van der Waals surface area contributed by atoms with Gasteiger partial charge >= 0.3 is 18.1 Å². The van der Waals surface area contributed by atoms with Gasteiger partial charge in [-0.3, -0.25) is 4.79 Å². The maximum absolute atomic E-state index is 12.0. The van der Waals surface area contributed by atoms with Crippen LogP contribution >= 0.6 is 11.6 Å². The number of carbonyl (C=O) groups is 2. The van der Waals surface area contributed by atoms with Gasteiger partial charge in [-0.25, -0.2) is 9.78 Å². The molecule has 0 radical (unpaired) electrons. The molecule has 0 aliphatic carbocycles. The number of halogens is 4. The minimum atomic E-state index is -5.12. The van der Waals surface area contributed by atoms with Gasteiger partial charge in [0.2, 0.25) is 0 Å². The molecule has 0 aromatic carbocycles. The van der Waals surface area contributed by atoms with Crippen LogP contribution in [0.2, 0.25) is 5.15 Å². The average Bonchev–Trinajstić information content (AvgIpc) is 2.15. The number of carbonyl (C=O) groups excluding carboxylic acids is 1. The number of nitrogens with one attached hydrogen (secondary N) is 1. The first kappa shape index (κ1) is 13.2. The number of anilines is 1. The molecule has 0 aliphatic heterocycles. The summed E-state index contributed by atoms with van der Waals surface area (Å²) in [6, 6.07) is 0.814. The van der Waals surface area contributed by atoms with Gasteiger partial charge < -0.3 is 10.4 Å². The van der Waals surface area contributed by atoms with E-state index in [0.29, 0.717) is 0 Å². The Kier molecular flexibility index (Phi) is 3.56. The number of pyridine rings is 1. The van der Waals surface area contributed by atoms with Crippen LogP contribution in [0.5, 0.6) is 0 Å². The zero-order valence-corrected chi connectivity index (χ0v) is 8.63. The lowest BCUT2D eigenvalue weighted by molar-refractivity contribution is -0.167. The Bertz CT molecular complexity index is 476. The summed E-state index contributed by atoms with van der Waals surface area (Å²) in [5, 5.41) is 9.82. The summed E-state index contributed by atoms with van der Waals surface area (Å²) in [6.07, 6.45) is -4.37. The number of rotatable bonds is 2. The second-order valence-electron chi connectivity index (χ2n) is 2.81. The molecule has 1 amide bonds. The summed E-state index contributed by atoms with van der Waals surface area (Å²) in [5.74, 6) is -3.83. The third kappa shape index (κ3) is 3.31. The monoisotopic (exact) mass is 268 g/mol. The van der Waals surface area contributed by atoms with Gasteiger partial charge in [0, 0.05) is 6.20 Å². The van der Waals surface area contributed by atoms with Gasteiger partial charge in [0.05, 0.1) is 5.69 Å². The van der Waals surface area contributed by atoms with Crippen LogP contribution in [0.3, 0.4) is 0 Å². The summed E-state index contributed by atoms with van der Waals surface area (Å²) in [4.78, 5) is 24.7. The number of hydrogen-bond donors (Lipinski definition) is 2. The van der Waals surface area contributed by atoms with Crippen LogP contribution in [0.15, 0.2) is 12.3 Å². The van der Waals surface area contributed by atoms with Crippen molar-refractivity contribution in [3.63, 3.8) is 0 Å². The minimum Gasteiger partial charge on any atom is -0.478 e. The summed E-state index contributed by atoms with van der Waals surface area (Å²) in [6.45, 7) is 0. The normalized spacial score (nSPS) is 11.1. The molecule has 92 valence electrons. The lowest BCUT2D eigenvalue weighted by Gasteiger charge is -2.10. The predicted molar refractivity (Wildman–Crippen MR) is 50.9 cm³/mol. The van der Waals surface area contributed by atoms with Gasteiger partial charge in [-0.2, -0.15) is 13.2 Å². The number of carboxylic acid groups (broad SMARTS) is 1. The van der Waals surface area contributed by atoms with E-state index >= 15 is 0 Å². The number of aromatic carboxylic acids is 1. The Morgan fingerprint density at radius 1 is 1.41 bits per heavy atom. The largest absolute Gasteiger partial charge is 0.478 e. The SMILES string of the molecule is O=C(O)c1cnc(Cl)cc1NC(=O)C(F)(F)F. The molecule has 1 rings (SSSR count). The van der Waals surface area contributed by atoms with Gasteiger partial charge in [0.15, 0.2) is 0 Å². The molecule has 0 unspecified atom stereocenters. The fourth-order valence-corrected chi connectivity index (χ4v) is 1.05. The molecule has 5 nitrogen and oxygen atoms in total. The predicted octanol–water partition coefficient (Wildman–Crippen LogP) is 1.93. The van der Waals surface area contributed by atoms with E-state index in [4.69, 9.17) is 16.7 Å². The number of hydrogen-bond acceptors (Lipinski definition) is 3. The van der Waals surface area contributed by atoms with Crippen LogP contribution in [-0.4, -0.2) is 28.1 Å². The number of amides is 1. The smallest absolute Gasteiger partial charge is 0.471 e. The Hall–Kier alpha value is -1.83. The van der Waals surface area contributed by atoms with E-state index in [9.17, 15) is 22.8 Å². The van der Waals surface area contributed by atoms with E-state index < -0.39 is 29.3 Å². The van der Waals surface area contributed by atoms with E-state index in [1.165, 1.54) is 5.32 Å². The number of nitrogens with zero attached hydrogens (tertiary/aromatic N) is 1. The highest BCUT2D eigenvalue weighted by Gasteiger charge is 2.39. The summed E-state index contributed by atoms with van der Waals surface area (Å²) in [7, 11) is 0. The van der Waals surface area contributed by atoms with Gasteiger partial charge in [-0.05, 0) is 6.07 Å². The molecule has 2 N–H and O–H groups in total. The van der Waals surface area contributed by atoms with E-state index in [1.807, 2.05) is 0 Å². The number of alkyl halides is 3. The van der Waals surface area contributed by atoms with Crippen LogP contribution in [-0.2, 0) is 4.79 Å². The maximum Gasteiger partial charge on any atom is 0.471 e. The second kappa shape index (κ2) is 4.58. The topological polar surface area (TPSA) is 79.3 Å². The van der Waals surface area contributed by atoms with E-state index in [1.54, 1.807) is 0 Å². The maximum atomic E-state index is 12.0. The number of carboxylic acids is 1. The van der Waals surface area contributed by atoms with Crippen molar-refractivity contribution in [3.05, 3.63) is 23.0 Å². The minimum absolute atomic E-state index is 0.243. The molecule has 0 bridgehead atoms. The highest BCUT2D eigenvalue weighted by atomic mass is 35.5. The van der Waals surface area contributed by atoms with Crippen molar-refractivity contribution in [1.82, 2.24) is 4.98 Å². The molecule has 0 atom stereocenters. The molecule has 0 aliphatic rings. The zero-order valence-electron chi connectivity index (χ0n) is 7.88. The second-order valence-corrected chi connectivity index (χ2v) is 3.20. The van der Waals surface area contributed by atoms with E-state index in [2.05, 4.69) is 4.98 Å². The van der Waals surface area contributed by atoms with E-state index in [0.717, 1.165) is 12.3 Å². The Labute approximate surface area is 97.2 Å². The molecule has 1 aromatic rings. The third-order valence-corrected chi connectivity index (χ3v) is 1.81. The van der Waals surface area contributed by atoms with Crippen LogP contribution in [0.4, 0.5) is 18.9 Å². The van der Waals surface area contributed by atoms with Crippen LogP contribution in [0.1, 0.15) is 10.4 Å². The zero-order chi connectivity index (χ0) is 13.2. The molecular formula is C8H4ClF3N2O3. The lowest BCUT2D eigenvalue weighted by Crippen LogP contribution is -2.30. The van der Waals surface area contributed by atoms with E-state index in [-0.39, 0.29) is 5.15 Å². The molecule has 0 saturated heterocycles.